The fourth-order valence-corrected chi connectivity index (χ4v) is 6.31. The molecule has 28 heavy (non-hydrogen) atoms. The van der Waals surface area contributed by atoms with E-state index in [1.54, 1.807) is 6.92 Å². The van der Waals surface area contributed by atoms with Crippen LogP contribution in [0, 0.1) is 5.92 Å². The predicted molar refractivity (Wildman–Crippen MR) is 107 cm³/mol. The number of nitrogens with zero attached hydrogens (tertiary/aromatic N) is 2. The summed E-state index contributed by atoms with van der Waals surface area (Å²) in [5.74, 6) is 0.745. The van der Waals surface area contributed by atoms with Gasteiger partial charge in [0.2, 0.25) is 11.8 Å². The maximum atomic E-state index is 12.5. The van der Waals surface area contributed by atoms with Crippen molar-refractivity contribution in [2.24, 2.45) is 5.92 Å². The Balaban J connectivity index is 1.31. The number of benzene rings is 1. The molecule has 2 aliphatic rings. The molecule has 1 aromatic carbocycles. The number of anilines is 1. The minimum Gasteiger partial charge on any atom is -0.416 e. The lowest BCUT2D eigenvalue weighted by atomic mass is 10.1. The minimum atomic E-state index is -2.92. The Morgan fingerprint density at radius 2 is 2.14 bits per heavy atom. The summed E-state index contributed by atoms with van der Waals surface area (Å²) < 4.78 is 28.7. The van der Waals surface area contributed by atoms with E-state index in [2.05, 4.69) is 27.6 Å². The zero-order chi connectivity index (χ0) is 19.7. The number of aryl methyl sites for hydroxylation is 2. The smallest absolute Gasteiger partial charge is 0.277 e. The standard InChI is InChI=1S/C19H23N3O4S2/c1-12(18(23)20-16-6-5-14-3-2-4-15(14)10-16)27-19-22-21-17(26-19)9-13-7-8-28(24,25)11-13/h5-6,10,12-13H,2-4,7-9,11H2,1H3,(H,20,23)/t12-,13-/m0/s1. The predicted octanol–water partition coefficient (Wildman–Crippen LogP) is 2.65. The number of carbonyl (C=O) groups excluding carboxylic acids is 1. The lowest BCUT2D eigenvalue weighted by molar-refractivity contribution is -0.115. The van der Waals surface area contributed by atoms with Gasteiger partial charge in [-0.05, 0) is 61.8 Å². The summed E-state index contributed by atoms with van der Waals surface area (Å²) in [6, 6.07) is 6.08. The van der Waals surface area contributed by atoms with E-state index in [-0.39, 0.29) is 23.3 Å². The SMILES string of the molecule is C[C@H](Sc1nnc(C[C@@H]2CCS(=O)(=O)C2)o1)C(=O)Nc1ccc2c(c1)CCC2. The van der Waals surface area contributed by atoms with Gasteiger partial charge in [-0.2, -0.15) is 0 Å². The number of thioether (sulfide) groups is 1. The van der Waals surface area contributed by atoms with Crippen LogP contribution >= 0.6 is 11.8 Å². The van der Waals surface area contributed by atoms with E-state index < -0.39 is 15.1 Å². The van der Waals surface area contributed by atoms with Crippen LogP contribution in [0.25, 0.3) is 0 Å². The normalized spacial score (nSPS) is 21.4. The van der Waals surface area contributed by atoms with Crippen LogP contribution in [0.2, 0.25) is 0 Å². The van der Waals surface area contributed by atoms with Crippen molar-refractivity contribution in [2.45, 2.75) is 49.5 Å². The summed E-state index contributed by atoms with van der Waals surface area (Å²) in [5, 5.41) is 10.9. The summed E-state index contributed by atoms with van der Waals surface area (Å²) in [6.07, 6.45) is 4.44. The van der Waals surface area contributed by atoms with Crippen molar-refractivity contribution in [3.8, 4) is 0 Å². The van der Waals surface area contributed by atoms with Crippen molar-refractivity contribution >= 4 is 33.2 Å². The molecule has 2 aromatic rings. The van der Waals surface area contributed by atoms with Gasteiger partial charge in [0.15, 0.2) is 9.84 Å². The number of carbonyl (C=O) groups is 1. The van der Waals surface area contributed by atoms with Gasteiger partial charge in [0.25, 0.3) is 5.22 Å². The molecule has 1 amide bonds. The number of hydrogen-bond acceptors (Lipinski definition) is 7. The Morgan fingerprint density at radius 1 is 1.32 bits per heavy atom. The van der Waals surface area contributed by atoms with Crippen molar-refractivity contribution in [3.05, 3.63) is 35.2 Å². The second kappa shape index (κ2) is 7.87. The quantitative estimate of drug-likeness (QED) is 0.715. The van der Waals surface area contributed by atoms with E-state index in [0.717, 1.165) is 18.5 Å². The van der Waals surface area contributed by atoms with Crippen LogP contribution in [0.15, 0.2) is 27.8 Å². The number of aromatic nitrogens is 2. The number of nitrogens with one attached hydrogen (secondary N) is 1. The zero-order valence-corrected chi connectivity index (χ0v) is 17.3. The number of rotatable bonds is 6. The molecule has 0 spiro atoms. The Labute approximate surface area is 168 Å². The lowest BCUT2D eigenvalue weighted by Crippen LogP contribution is -2.22. The number of sulfone groups is 1. The van der Waals surface area contributed by atoms with Gasteiger partial charge in [0.1, 0.15) is 0 Å². The Hall–Kier alpha value is -1.87. The van der Waals surface area contributed by atoms with E-state index in [0.29, 0.717) is 24.0 Å². The molecule has 150 valence electrons. The molecule has 0 unspecified atom stereocenters. The average molecular weight is 422 g/mol. The van der Waals surface area contributed by atoms with E-state index in [9.17, 15) is 13.2 Å². The average Bonchev–Trinajstić information content (AvgIpc) is 3.35. The van der Waals surface area contributed by atoms with Crippen LogP contribution in [0.1, 0.15) is 36.8 Å². The highest BCUT2D eigenvalue weighted by molar-refractivity contribution is 8.00. The van der Waals surface area contributed by atoms with E-state index in [1.807, 2.05) is 6.07 Å². The Kier molecular flexibility index (Phi) is 5.46. The summed E-state index contributed by atoms with van der Waals surface area (Å²) in [7, 11) is -2.92. The fourth-order valence-electron chi connectivity index (χ4n) is 3.75. The maximum Gasteiger partial charge on any atom is 0.277 e. The van der Waals surface area contributed by atoms with Crippen LogP contribution in [0.4, 0.5) is 5.69 Å². The van der Waals surface area contributed by atoms with Crippen molar-refractivity contribution in [1.29, 1.82) is 0 Å². The van der Waals surface area contributed by atoms with Gasteiger partial charge in [-0.15, -0.1) is 10.2 Å². The molecule has 1 fully saturated rings. The zero-order valence-electron chi connectivity index (χ0n) is 15.7. The van der Waals surface area contributed by atoms with Crippen molar-refractivity contribution in [2.75, 3.05) is 16.8 Å². The van der Waals surface area contributed by atoms with Crippen LogP contribution in [-0.2, 0) is 33.9 Å². The molecule has 1 aromatic heterocycles. The summed E-state index contributed by atoms with van der Waals surface area (Å²) in [5.41, 5.74) is 3.49. The number of hydrogen-bond donors (Lipinski definition) is 1. The van der Waals surface area contributed by atoms with Gasteiger partial charge in [0, 0.05) is 12.1 Å². The third-order valence-electron chi connectivity index (χ3n) is 5.25. The molecule has 1 N–H and O–H groups in total. The van der Waals surface area contributed by atoms with Gasteiger partial charge in [-0.1, -0.05) is 17.8 Å². The first kappa shape index (κ1) is 19.4. The monoisotopic (exact) mass is 421 g/mol. The molecule has 4 rings (SSSR count). The highest BCUT2D eigenvalue weighted by atomic mass is 32.2. The second-order valence-corrected chi connectivity index (χ2v) is 11.0. The van der Waals surface area contributed by atoms with E-state index >= 15 is 0 Å². The number of fused-ring (bicyclic) bond motifs is 1. The largest absolute Gasteiger partial charge is 0.416 e. The first-order valence-corrected chi connectivity index (χ1v) is 12.2. The first-order valence-electron chi connectivity index (χ1n) is 9.50. The van der Waals surface area contributed by atoms with Gasteiger partial charge in [-0.3, -0.25) is 4.79 Å². The molecule has 1 saturated heterocycles. The first-order chi connectivity index (χ1) is 13.4. The van der Waals surface area contributed by atoms with Crippen molar-refractivity contribution in [3.63, 3.8) is 0 Å². The molecule has 0 radical (unpaired) electrons. The molecular formula is C19H23N3O4S2. The maximum absolute atomic E-state index is 12.5. The van der Waals surface area contributed by atoms with Crippen molar-refractivity contribution < 1.29 is 17.6 Å². The highest BCUT2D eigenvalue weighted by Gasteiger charge is 2.29. The van der Waals surface area contributed by atoms with Crippen LogP contribution < -0.4 is 5.32 Å². The van der Waals surface area contributed by atoms with E-state index in [1.165, 1.54) is 29.3 Å². The molecule has 2 heterocycles. The van der Waals surface area contributed by atoms with E-state index in [4.69, 9.17) is 4.42 Å². The summed E-state index contributed by atoms with van der Waals surface area (Å²) in [6.45, 7) is 1.79. The molecule has 0 saturated carbocycles. The molecule has 2 atom stereocenters. The molecule has 7 nitrogen and oxygen atoms in total. The van der Waals surface area contributed by atoms with Crippen LogP contribution in [-0.4, -0.2) is 41.3 Å². The summed E-state index contributed by atoms with van der Waals surface area (Å²) >= 11 is 1.20. The number of amides is 1. The van der Waals surface area contributed by atoms with Crippen LogP contribution in [0.5, 0.6) is 0 Å². The van der Waals surface area contributed by atoms with Gasteiger partial charge in [-0.25, -0.2) is 8.42 Å². The Bertz CT molecular complexity index is 987. The second-order valence-electron chi connectivity index (χ2n) is 7.52. The molecule has 0 bridgehead atoms. The van der Waals surface area contributed by atoms with Gasteiger partial charge >= 0.3 is 0 Å². The third kappa shape index (κ3) is 4.57. The van der Waals surface area contributed by atoms with Gasteiger partial charge < -0.3 is 9.73 Å². The van der Waals surface area contributed by atoms with Crippen molar-refractivity contribution in [1.82, 2.24) is 10.2 Å². The molecule has 1 aliphatic heterocycles. The summed E-state index contributed by atoms with van der Waals surface area (Å²) in [4.78, 5) is 12.5. The van der Waals surface area contributed by atoms with Crippen LogP contribution in [0.3, 0.4) is 0 Å². The third-order valence-corrected chi connectivity index (χ3v) is 8.02. The minimum absolute atomic E-state index is 0.0313. The highest BCUT2D eigenvalue weighted by Crippen LogP contribution is 2.28. The lowest BCUT2D eigenvalue weighted by Gasteiger charge is -2.11. The molecule has 9 heteroatoms. The molecular weight excluding hydrogens is 398 g/mol. The fraction of sp³-hybridized carbons (Fsp3) is 0.526. The van der Waals surface area contributed by atoms with Gasteiger partial charge in [0.05, 0.1) is 16.8 Å². The topological polar surface area (TPSA) is 102 Å². The molecule has 1 aliphatic carbocycles. The Morgan fingerprint density at radius 3 is 2.93 bits per heavy atom.